The van der Waals surface area contributed by atoms with Gasteiger partial charge in [-0.05, 0) is 32.1 Å². The number of carbonyl (C=O) groups is 2. The van der Waals surface area contributed by atoms with E-state index in [-0.39, 0.29) is 13.0 Å². The van der Waals surface area contributed by atoms with E-state index in [1.54, 1.807) is 0 Å². The number of aliphatic carboxylic acids is 1. The van der Waals surface area contributed by atoms with Gasteiger partial charge < -0.3 is 25.6 Å². The summed E-state index contributed by atoms with van der Waals surface area (Å²) >= 11 is 0. The molecule has 0 aromatic rings. The lowest BCUT2D eigenvalue weighted by Gasteiger charge is -2.16. The molecule has 37 heavy (non-hydrogen) atoms. The Balaban J connectivity index is 3.56. The van der Waals surface area contributed by atoms with E-state index < -0.39 is 45.1 Å². The van der Waals surface area contributed by atoms with Crippen LogP contribution in [0.2, 0.25) is 0 Å². The number of carboxylic acids is 1. The number of nitrogens with two attached hydrogens (primary N) is 1. The number of esters is 1. The van der Waals surface area contributed by atoms with E-state index in [1.165, 1.54) is 64.2 Å². The molecule has 0 rings (SSSR count). The molecule has 5 N–H and O–H groups in total. The molecule has 0 saturated carbocycles. The Morgan fingerprint density at radius 2 is 1.30 bits per heavy atom. The van der Waals surface area contributed by atoms with E-state index in [4.69, 9.17) is 15.6 Å². The highest BCUT2D eigenvalue weighted by molar-refractivity contribution is 7.47. The monoisotopic (exact) mass is 551 g/mol. The smallest absolute Gasteiger partial charge is 0.472 e. The van der Waals surface area contributed by atoms with Crippen molar-refractivity contribution < 1.29 is 43.0 Å². The average molecular weight is 552 g/mol. The second kappa shape index (κ2) is 23.8. The van der Waals surface area contributed by atoms with E-state index in [0.29, 0.717) is 6.42 Å². The summed E-state index contributed by atoms with van der Waals surface area (Å²) in [6.45, 7) is 0.497. The molecule has 3 unspecified atom stereocenters. The van der Waals surface area contributed by atoms with Gasteiger partial charge in [0.1, 0.15) is 18.8 Å². The topological polar surface area (TPSA) is 166 Å². The first kappa shape index (κ1) is 35.7. The van der Waals surface area contributed by atoms with Gasteiger partial charge in [0.2, 0.25) is 0 Å². The summed E-state index contributed by atoms with van der Waals surface area (Å²) in [5.74, 6) is -1.85. The number of hydrogen-bond donors (Lipinski definition) is 4. The third kappa shape index (κ3) is 24.8. The number of unbranched alkanes of at least 4 members (excludes halogenated alkanes) is 13. The zero-order valence-corrected chi connectivity index (χ0v) is 23.5. The van der Waals surface area contributed by atoms with Crippen LogP contribution in [0.15, 0.2) is 12.2 Å². The molecule has 0 saturated heterocycles. The normalized spacial score (nSPS) is 14.9. The number of carboxylic acid groups (broad SMARTS) is 1. The summed E-state index contributed by atoms with van der Waals surface area (Å²) in [6, 6.07) is -1.48. The molecule has 0 aliphatic carbocycles. The summed E-state index contributed by atoms with van der Waals surface area (Å²) < 4.78 is 25.5. The van der Waals surface area contributed by atoms with Crippen molar-refractivity contribution in [3.63, 3.8) is 0 Å². The van der Waals surface area contributed by atoms with Gasteiger partial charge in [0.05, 0.1) is 13.2 Å². The summed E-state index contributed by atoms with van der Waals surface area (Å²) in [4.78, 5) is 31.8. The SMILES string of the molecule is CCCCCCCC/C=C\CCCCCCCCCC(=O)OCC(O)COP(=O)(O)OCC(N)C(=O)O. The number of allylic oxidation sites excluding steroid dienone is 2. The molecule has 3 atom stereocenters. The lowest BCUT2D eigenvalue weighted by atomic mass is 10.1. The van der Waals surface area contributed by atoms with E-state index in [0.717, 1.165) is 25.7 Å². The fourth-order valence-corrected chi connectivity index (χ4v) is 4.25. The van der Waals surface area contributed by atoms with Crippen LogP contribution < -0.4 is 5.73 Å². The number of phosphoric ester groups is 1. The summed E-state index contributed by atoms with van der Waals surface area (Å²) in [5, 5.41) is 18.3. The van der Waals surface area contributed by atoms with Gasteiger partial charge in [0, 0.05) is 6.42 Å². The second-order valence-corrected chi connectivity index (χ2v) is 10.8. The van der Waals surface area contributed by atoms with Crippen molar-refractivity contribution in [2.45, 2.75) is 122 Å². The van der Waals surface area contributed by atoms with Crippen molar-refractivity contribution in [2.75, 3.05) is 19.8 Å². The van der Waals surface area contributed by atoms with Crippen molar-refractivity contribution in [1.29, 1.82) is 0 Å². The minimum Gasteiger partial charge on any atom is -0.480 e. The first-order valence-corrected chi connectivity index (χ1v) is 15.3. The number of carbonyl (C=O) groups excluding carboxylic acids is 1. The Bertz CT molecular complexity index is 660. The van der Waals surface area contributed by atoms with Crippen LogP contribution >= 0.6 is 7.82 Å². The van der Waals surface area contributed by atoms with Gasteiger partial charge in [-0.3, -0.25) is 18.6 Å². The van der Waals surface area contributed by atoms with Gasteiger partial charge in [-0.2, -0.15) is 0 Å². The predicted octanol–water partition coefficient (Wildman–Crippen LogP) is 5.25. The van der Waals surface area contributed by atoms with Gasteiger partial charge in [-0.1, -0.05) is 83.3 Å². The van der Waals surface area contributed by atoms with Gasteiger partial charge in [-0.25, -0.2) is 4.57 Å². The van der Waals surface area contributed by atoms with Crippen LogP contribution in [-0.2, 0) is 27.9 Å². The zero-order valence-electron chi connectivity index (χ0n) is 22.6. The summed E-state index contributed by atoms with van der Waals surface area (Å²) in [5.41, 5.74) is 5.16. The van der Waals surface area contributed by atoms with Crippen LogP contribution in [0, 0.1) is 0 Å². The average Bonchev–Trinajstić information content (AvgIpc) is 2.86. The van der Waals surface area contributed by atoms with Crippen molar-refractivity contribution >= 4 is 19.8 Å². The molecule has 0 amide bonds. The minimum atomic E-state index is -4.58. The third-order valence-corrected chi connectivity index (χ3v) is 6.69. The molecule has 0 bridgehead atoms. The van der Waals surface area contributed by atoms with Crippen LogP contribution in [0.1, 0.15) is 110 Å². The number of rotatable bonds is 26. The van der Waals surface area contributed by atoms with Crippen LogP contribution in [0.25, 0.3) is 0 Å². The second-order valence-electron chi connectivity index (χ2n) is 9.38. The van der Waals surface area contributed by atoms with Crippen LogP contribution in [0.3, 0.4) is 0 Å². The lowest BCUT2D eigenvalue weighted by molar-refractivity contribution is -0.147. The molecular formula is C26H50NO9P. The Labute approximate surface area is 222 Å². The molecule has 0 aromatic heterocycles. The van der Waals surface area contributed by atoms with Crippen molar-refractivity contribution in [1.82, 2.24) is 0 Å². The maximum atomic E-state index is 11.8. The fraction of sp³-hybridized carbons (Fsp3) is 0.846. The first-order valence-electron chi connectivity index (χ1n) is 13.8. The molecule has 218 valence electrons. The number of aliphatic hydroxyl groups is 1. The molecule has 0 heterocycles. The van der Waals surface area contributed by atoms with Gasteiger partial charge in [-0.15, -0.1) is 0 Å². The van der Waals surface area contributed by atoms with E-state index in [1.807, 2.05) is 0 Å². The molecular weight excluding hydrogens is 501 g/mol. The Morgan fingerprint density at radius 1 is 0.811 bits per heavy atom. The molecule has 0 aliphatic rings. The molecule has 10 nitrogen and oxygen atoms in total. The van der Waals surface area contributed by atoms with E-state index in [2.05, 4.69) is 28.1 Å². The Kier molecular flexibility index (Phi) is 23.0. The van der Waals surface area contributed by atoms with E-state index >= 15 is 0 Å². The number of phosphoric acid groups is 1. The molecule has 0 fully saturated rings. The van der Waals surface area contributed by atoms with Crippen LogP contribution in [-0.4, -0.2) is 59.0 Å². The largest absolute Gasteiger partial charge is 0.480 e. The van der Waals surface area contributed by atoms with Crippen molar-refractivity contribution in [2.24, 2.45) is 5.73 Å². The van der Waals surface area contributed by atoms with Gasteiger partial charge >= 0.3 is 19.8 Å². The summed E-state index contributed by atoms with van der Waals surface area (Å²) in [6.07, 6.45) is 21.4. The third-order valence-electron chi connectivity index (χ3n) is 5.74. The molecule has 0 aliphatic heterocycles. The predicted molar refractivity (Wildman–Crippen MR) is 143 cm³/mol. The quantitative estimate of drug-likeness (QED) is 0.0482. The van der Waals surface area contributed by atoms with Crippen molar-refractivity contribution in [3.8, 4) is 0 Å². The zero-order chi connectivity index (χ0) is 27.8. The van der Waals surface area contributed by atoms with Crippen molar-refractivity contribution in [3.05, 3.63) is 12.2 Å². The highest BCUT2D eigenvalue weighted by Gasteiger charge is 2.26. The Morgan fingerprint density at radius 3 is 1.84 bits per heavy atom. The number of hydrogen-bond acceptors (Lipinski definition) is 8. The van der Waals surface area contributed by atoms with Gasteiger partial charge in [0.25, 0.3) is 0 Å². The number of ether oxygens (including phenoxy) is 1. The molecule has 0 spiro atoms. The van der Waals surface area contributed by atoms with Crippen LogP contribution in [0.5, 0.6) is 0 Å². The van der Waals surface area contributed by atoms with Gasteiger partial charge in [0.15, 0.2) is 0 Å². The highest BCUT2D eigenvalue weighted by Crippen LogP contribution is 2.43. The Hall–Kier alpha value is -1.29. The molecule has 0 radical (unpaired) electrons. The summed E-state index contributed by atoms with van der Waals surface area (Å²) in [7, 11) is -4.58. The highest BCUT2D eigenvalue weighted by atomic mass is 31.2. The standard InChI is InChI=1S/C26H50NO9P/c1-2-3-4-5-6-7-8-9-10-11-12-13-14-15-16-17-18-19-25(29)34-20-23(28)21-35-37(32,33)36-22-24(27)26(30)31/h9-10,23-24,28H,2-8,11-22,27H2,1H3,(H,30,31)(H,32,33)/b10-9-. The maximum absolute atomic E-state index is 11.8. The van der Waals surface area contributed by atoms with E-state index in [9.17, 15) is 24.2 Å². The minimum absolute atomic E-state index is 0.242. The first-order chi connectivity index (χ1) is 17.7. The molecule has 0 aromatic carbocycles. The lowest BCUT2D eigenvalue weighted by Crippen LogP contribution is -2.34. The van der Waals surface area contributed by atoms with Crippen LogP contribution in [0.4, 0.5) is 0 Å². The maximum Gasteiger partial charge on any atom is 0.472 e. The molecule has 11 heteroatoms. The fourth-order valence-electron chi connectivity index (χ4n) is 3.47. The number of aliphatic hydroxyl groups excluding tert-OH is 1.